The molecule has 1 aliphatic heterocycles. The van der Waals surface area contributed by atoms with Crippen molar-refractivity contribution in [3.63, 3.8) is 0 Å². The van der Waals surface area contributed by atoms with Gasteiger partial charge in [0.1, 0.15) is 0 Å². The lowest BCUT2D eigenvalue weighted by molar-refractivity contribution is 0.806. The van der Waals surface area contributed by atoms with Gasteiger partial charge in [-0.2, -0.15) is 0 Å². The lowest BCUT2D eigenvalue weighted by atomic mass is 10.2. The minimum Gasteiger partial charge on any atom is -0.364 e. The van der Waals surface area contributed by atoms with Gasteiger partial charge in [-0.05, 0) is 25.5 Å². The summed E-state index contributed by atoms with van der Waals surface area (Å²) in [6.07, 6.45) is 0.418. The lowest BCUT2D eigenvalue weighted by Crippen LogP contribution is -2.28. The van der Waals surface area contributed by atoms with E-state index in [-0.39, 0.29) is 0 Å². The second-order valence-electron chi connectivity index (χ2n) is 3.40. The second kappa shape index (κ2) is 2.41. The van der Waals surface area contributed by atoms with Crippen molar-refractivity contribution in [2.75, 3.05) is 17.3 Å². The van der Waals surface area contributed by atoms with Gasteiger partial charge in [0.25, 0.3) is 0 Å². The Labute approximate surface area is 73.2 Å². The standard InChI is InChI=1S/C10H14N2/c1-7-5-4-6-9-10(7)11-8(2)12(9)3/h4-6,8,11H,1-3H3. The van der Waals surface area contributed by atoms with E-state index >= 15 is 0 Å². The number of hydrogen-bond acceptors (Lipinski definition) is 2. The highest BCUT2D eigenvalue weighted by Gasteiger charge is 2.22. The Morgan fingerprint density at radius 1 is 1.42 bits per heavy atom. The number of fused-ring (bicyclic) bond motifs is 1. The molecule has 64 valence electrons. The zero-order valence-electron chi connectivity index (χ0n) is 7.76. The highest BCUT2D eigenvalue weighted by molar-refractivity contribution is 5.78. The van der Waals surface area contributed by atoms with Crippen LogP contribution >= 0.6 is 0 Å². The summed E-state index contributed by atoms with van der Waals surface area (Å²) in [5, 5.41) is 3.44. The minimum atomic E-state index is 0.418. The molecule has 0 fully saturated rings. The number of aryl methyl sites for hydroxylation is 1. The van der Waals surface area contributed by atoms with Gasteiger partial charge in [-0.3, -0.25) is 0 Å². The molecule has 1 unspecified atom stereocenters. The van der Waals surface area contributed by atoms with Crippen LogP contribution in [-0.4, -0.2) is 13.2 Å². The normalized spacial score (nSPS) is 20.6. The van der Waals surface area contributed by atoms with Crippen molar-refractivity contribution in [1.82, 2.24) is 0 Å². The fourth-order valence-electron chi connectivity index (χ4n) is 1.65. The topological polar surface area (TPSA) is 15.3 Å². The fraction of sp³-hybridized carbons (Fsp3) is 0.400. The molecular weight excluding hydrogens is 148 g/mol. The van der Waals surface area contributed by atoms with Crippen molar-refractivity contribution in [2.45, 2.75) is 20.0 Å². The predicted octanol–water partition coefficient (Wildman–Crippen LogP) is 2.20. The maximum absolute atomic E-state index is 3.44. The van der Waals surface area contributed by atoms with Gasteiger partial charge in [-0.25, -0.2) is 0 Å². The maximum Gasteiger partial charge on any atom is 0.0959 e. The summed E-state index contributed by atoms with van der Waals surface area (Å²) in [5.74, 6) is 0. The second-order valence-corrected chi connectivity index (χ2v) is 3.40. The molecule has 2 nitrogen and oxygen atoms in total. The molecule has 0 amide bonds. The molecular formula is C10H14N2. The first kappa shape index (κ1) is 7.47. The zero-order chi connectivity index (χ0) is 8.72. The van der Waals surface area contributed by atoms with Crippen molar-refractivity contribution in [3.8, 4) is 0 Å². The van der Waals surface area contributed by atoms with Crippen LogP contribution in [0.1, 0.15) is 12.5 Å². The van der Waals surface area contributed by atoms with Crippen molar-refractivity contribution < 1.29 is 0 Å². The number of hydrogen-bond donors (Lipinski definition) is 1. The Morgan fingerprint density at radius 2 is 2.17 bits per heavy atom. The van der Waals surface area contributed by atoms with E-state index in [0.29, 0.717) is 6.17 Å². The van der Waals surface area contributed by atoms with E-state index in [4.69, 9.17) is 0 Å². The Balaban J connectivity index is 2.53. The molecule has 0 saturated heterocycles. The van der Waals surface area contributed by atoms with Crippen molar-refractivity contribution in [1.29, 1.82) is 0 Å². The monoisotopic (exact) mass is 162 g/mol. The van der Waals surface area contributed by atoms with Gasteiger partial charge in [-0.15, -0.1) is 0 Å². The third-order valence-electron chi connectivity index (χ3n) is 2.56. The van der Waals surface area contributed by atoms with Crippen LogP contribution < -0.4 is 10.2 Å². The summed E-state index contributed by atoms with van der Waals surface area (Å²) < 4.78 is 0. The first-order chi connectivity index (χ1) is 5.70. The predicted molar refractivity (Wildman–Crippen MR) is 52.7 cm³/mol. The molecule has 0 spiro atoms. The Hall–Kier alpha value is -1.18. The molecule has 1 aromatic rings. The zero-order valence-corrected chi connectivity index (χ0v) is 7.76. The molecule has 12 heavy (non-hydrogen) atoms. The highest BCUT2D eigenvalue weighted by Crippen LogP contribution is 2.35. The molecule has 2 rings (SSSR count). The molecule has 0 saturated carbocycles. The maximum atomic E-state index is 3.44. The third-order valence-corrected chi connectivity index (χ3v) is 2.56. The van der Waals surface area contributed by atoms with E-state index in [9.17, 15) is 0 Å². The Bertz CT molecular complexity index is 307. The molecule has 0 aromatic heterocycles. The highest BCUT2D eigenvalue weighted by atomic mass is 15.3. The number of benzene rings is 1. The van der Waals surface area contributed by atoms with Crippen LogP contribution in [0.15, 0.2) is 18.2 Å². The van der Waals surface area contributed by atoms with Crippen molar-refractivity contribution in [2.24, 2.45) is 0 Å². The van der Waals surface area contributed by atoms with Gasteiger partial charge in [0.2, 0.25) is 0 Å². The molecule has 0 bridgehead atoms. The largest absolute Gasteiger partial charge is 0.364 e. The SMILES string of the molecule is Cc1cccc2c1NC(C)N2C. The summed E-state index contributed by atoms with van der Waals surface area (Å²) in [4.78, 5) is 2.25. The summed E-state index contributed by atoms with van der Waals surface area (Å²) in [6.45, 7) is 4.30. The van der Waals surface area contributed by atoms with E-state index in [1.165, 1.54) is 16.9 Å². The van der Waals surface area contributed by atoms with Gasteiger partial charge >= 0.3 is 0 Å². The van der Waals surface area contributed by atoms with Gasteiger partial charge in [-0.1, -0.05) is 12.1 Å². The molecule has 1 aliphatic rings. The molecule has 0 aliphatic carbocycles. The number of nitrogens with one attached hydrogen (secondary N) is 1. The van der Waals surface area contributed by atoms with E-state index in [0.717, 1.165) is 0 Å². The van der Waals surface area contributed by atoms with Crippen LogP contribution in [0.4, 0.5) is 11.4 Å². The smallest absolute Gasteiger partial charge is 0.0959 e. The summed E-state index contributed by atoms with van der Waals surface area (Å²) >= 11 is 0. The first-order valence-electron chi connectivity index (χ1n) is 4.29. The van der Waals surface area contributed by atoms with Gasteiger partial charge < -0.3 is 10.2 Å². The summed E-state index contributed by atoms with van der Waals surface area (Å²) in [7, 11) is 2.11. The molecule has 1 heterocycles. The van der Waals surface area contributed by atoms with Crippen molar-refractivity contribution in [3.05, 3.63) is 23.8 Å². The average molecular weight is 162 g/mol. The Morgan fingerprint density at radius 3 is 2.83 bits per heavy atom. The lowest BCUT2D eigenvalue weighted by Gasteiger charge is -2.16. The fourth-order valence-corrected chi connectivity index (χ4v) is 1.65. The number of anilines is 2. The van der Waals surface area contributed by atoms with E-state index in [1.807, 2.05) is 0 Å². The van der Waals surface area contributed by atoms with Gasteiger partial charge in [0.15, 0.2) is 0 Å². The number of rotatable bonds is 0. The van der Waals surface area contributed by atoms with Crippen LogP contribution in [0.5, 0.6) is 0 Å². The van der Waals surface area contributed by atoms with Gasteiger partial charge in [0, 0.05) is 7.05 Å². The van der Waals surface area contributed by atoms with Crippen LogP contribution in [0.2, 0.25) is 0 Å². The first-order valence-corrected chi connectivity index (χ1v) is 4.29. The van der Waals surface area contributed by atoms with Crippen LogP contribution in [-0.2, 0) is 0 Å². The van der Waals surface area contributed by atoms with Crippen molar-refractivity contribution >= 4 is 11.4 Å². The molecule has 2 heteroatoms. The van der Waals surface area contributed by atoms with E-state index in [2.05, 4.69) is 49.3 Å². The van der Waals surface area contributed by atoms with E-state index < -0.39 is 0 Å². The quantitative estimate of drug-likeness (QED) is 0.629. The minimum absolute atomic E-state index is 0.418. The van der Waals surface area contributed by atoms with Crippen LogP contribution in [0.25, 0.3) is 0 Å². The van der Waals surface area contributed by atoms with Gasteiger partial charge in [0.05, 0.1) is 17.5 Å². The number of nitrogens with zero attached hydrogens (tertiary/aromatic N) is 1. The molecule has 1 N–H and O–H groups in total. The summed E-state index contributed by atoms with van der Waals surface area (Å²) in [6, 6.07) is 6.39. The molecule has 1 atom stereocenters. The third kappa shape index (κ3) is 0.876. The van der Waals surface area contributed by atoms with Crippen LogP contribution in [0.3, 0.4) is 0 Å². The average Bonchev–Trinajstić information content (AvgIpc) is 2.32. The van der Waals surface area contributed by atoms with Crippen LogP contribution in [0, 0.1) is 6.92 Å². The molecule has 0 radical (unpaired) electrons. The number of para-hydroxylation sites is 1. The van der Waals surface area contributed by atoms with E-state index in [1.54, 1.807) is 0 Å². The Kier molecular flexibility index (Phi) is 1.50. The molecule has 1 aromatic carbocycles. The summed E-state index contributed by atoms with van der Waals surface area (Å²) in [5.41, 5.74) is 3.92.